The molecule has 2 aliphatic heterocycles. The number of amides is 1. The van der Waals surface area contributed by atoms with Crippen LogP contribution in [-0.4, -0.2) is 62.3 Å². The molecule has 0 atom stereocenters. The first-order valence-corrected chi connectivity index (χ1v) is 20.0. The van der Waals surface area contributed by atoms with Crippen LogP contribution in [0.1, 0.15) is 65.8 Å². The Bertz CT molecular complexity index is 1830. The van der Waals surface area contributed by atoms with Gasteiger partial charge in [-0.1, -0.05) is 65.1 Å². The lowest BCUT2D eigenvalue weighted by atomic mass is 9.95. The fraction of sp³-hybridized carbons (Fsp3) is 0.439. The molecule has 1 amide bonds. The highest BCUT2D eigenvalue weighted by Gasteiger charge is 2.19. The van der Waals surface area contributed by atoms with Crippen molar-refractivity contribution in [1.82, 2.24) is 31.2 Å². The van der Waals surface area contributed by atoms with Gasteiger partial charge in [-0.25, -0.2) is 4.98 Å². The predicted molar refractivity (Wildman–Crippen MR) is 218 cm³/mol. The lowest BCUT2D eigenvalue weighted by molar-refractivity contribution is 0.102. The molecular formula is C41H50Cl3N7O3. The number of nitrogens with zero attached hydrogens (tertiary/aromatic N) is 2. The molecule has 0 aliphatic carbocycles. The third-order valence-corrected chi connectivity index (χ3v) is 11.3. The average molecular weight is 795 g/mol. The molecule has 0 bridgehead atoms. The molecule has 0 saturated carbocycles. The van der Waals surface area contributed by atoms with Crippen molar-refractivity contribution in [1.29, 1.82) is 0 Å². The number of piperidine rings is 2. The van der Waals surface area contributed by atoms with Gasteiger partial charge in [-0.3, -0.25) is 9.78 Å². The van der Waals surface area contributed by atoms with Gasteiger partial charge in [-0.05, 0) is 119 Å². The largest absolute Gasteiger partial charge is 0.486 e. The van der Waals surface area contributed by atoms with Crippen LogP contribution in [0.3, 0.4) is 0 Å². The van der Waals surface area contributed by atoms with Crippen LogP contribution in [0.5, 0.6) is 11.6 Å². The molecule has 5 N–H and O–H groups in total. The molecule has 0 spiro atoms. The number of halogens is 3. The number of carbonyl (C=O) groups excluding carboxylic acids is 1. The van der Waals surface area contributed by atoms with Crippen LogP contribution in [0.2, 0.25) is 15.1 Å². The van der Waals surface area contributed by atoms with Crippen LogP contribution >= 0.6 is 34.8 Å². The molecule has 4 aromatic rings. The molecule has 0 unspecified atom stereocenters. The van der Waals surface area contributed by atoms with E-state index in [9.17, 15) is 4.79 Å². The summed E-state index contributed by atoms with van der Waals surface area (Å²) in [6, 6.07) is 16.4. The Morgan fingerprint density at radius 2 is 1.48 bits per heavy atom. The minimum atomic E-state index is -0.360. The fourth-order valence-corrected chi connectivity index (χ4v) is 7.81. The molecule has 2 saturated heterocycles. The minimum absolute atomic E-state index is 0.0753. The second-order valence-electron chi connectivity index (χ2n) is 14.0. The van der Waals surface area contributed by atoms with Gasteiger partial charge in [0.25, 0.3) is 5.91 Å². The molecule has 6 rings (SSSR count). The fourth-order valence-electron chi connectivity index (χ4n) is 7.02. The third-order valence-electron chi connectivity index (χ3n) is 10.2. The minimum Gasteiger partial charge on any atom is -0.486 e. The quantitative estimate of drug-likeness (QED) is 0.0680. The van der Waals surface area contributed by atoms with E-state index in [1.54, 1.807) is 31.5 Å². The van der Waals surface area contributed by atoms with Crippen LogP contribution in [0, 0.1) is 11.8 Å². The zero-order chi connectivity index (χ0) is 37.7. The lowest BCUT2D eigenvalue weighted by Crippen LogP contribution is -2.29. The molecule has 54 heavy (non-hydrogen) atoms. The number of methoxy groups -OCH3 is 1. The summed E-state index contributed by atoms with van der Waals surface area (Å²) in [4.78, 5) is 22.3. The van der Waals surface area contributed by atoms with Gasteiger partial charge >= 0.3 is 0 Å². The second kappa shape index (κ2) is 20.4. The maximum atomic E-state index is 13.2. The number of ether oxygens (including phenoxy) is 2. The first kappa shape index (κ1) is 40.2. The van der Waals surface area contributed by atoms with E-state index in [4.69, 9.17) is 44.3 Å². The molecule has 13 heteroatoms. The Hall–Kier alpha value is -3.48. The number of anilines is 1. The summed E-state index contributed by atoms with van der Waals surface area (Å²) in [7, 11) is 1.60. The van der Waals surface area contributed by atoms with E-state index in [2.05, 4.69) is 36.6 Å². The number of hydrogen-bond acceptors (Lipinski definition) is 9. The van der Waals surface area contributed by atoms with E-state index in [-0.39, 0.29) is 12.5 Å². The van der Waals surface area contributed by atoms with Crippen molar-refractivity contribution in [3.05, 3.63) is 98.4 Å². The number of nitrogens with one attached hydrogen (secondary N) is 5. The summed E-state index contributed by atoms with van der Waals surface area (Å²) in [6.07, 6.45) is 8.98. The van der Waals surface area contributed by atoms with Gasteiger partial charge in [0.1, 0.15) is 23.7 Å². The Kier molecular flexibility index (Phi) is 15.2. The smallest absolute Gasteiger partial charge is 0.274 e. The first-order chi connectivity index (χ1) is 26.4. The normalized spacial score (nSPS) is 15.3. The number of aromatic nitrogens is 2. The second-order valence-corrected chi connectivity index (χ2v) is 15.1. The molecule has 2 aromatic heterocycles. The Balaban J connectivity index is 1.04. The highest BCUT2D eigenvalue weighted by Crippen LogP contribution is 2.41. The average Bonchev–Trinajstić information content (AvgIpc) is 3.20. The van der Waals surface area contributed by atoms with E-state index in [1.807, 2.05) is 36.4 Å². The Labute approximate surface area is 333 Å². The lowest BCUT2D eigenvalue weighted by Gasteiger charge is -2.22. The highest BCUT2D eigenvalue weighted by molar-refractivity contribution is 6.39. The molecular weight excluding hydrogens is 745 g/mol. The molecule has 4 heterocycles. The number of hydrogen-bond donors (Lipinski definition) is 5. The van der Waals surface area contributed by atoms with Crippen molar-refractivity contribution < 1.29 is 14.3 Å². The van der Waals surface area contributed by atoms with Gasteiger partial charge in [0.2, 0.25) is 5.88 Å². The summed E-state index contributed by atoms with van der Waals surface area (Å²) in [5, 5.41) is 17.9. The SMILES string of the molecule is COc1nc(COc2cccc(-c3cccc(NC(=O)c4ccc(CNCCC5CCNCC5)cn4)c3Cl)c2Cl)c(Cl)cc1CNCCC1CCNCC1. The van der Waals surface area contributed by atoms with Crippen molar-refractivity contribution in [2.45, 2.75) is 58.2 Å². The van der Waals surface area contributed by atoms with E-state index in [0.29, 0.717) is 68.0 Å². The monoisotopic (exact) mass is 793 g/mol. The van der Waals surface area contributed by atoms with Gasteiger partial charge in [0.15, 0.2) is 0 Å². The maximum Gasteiger partial charge on any atom is 0.274 e. The number of carbonyl (C=O) groups is 1. The predicted octanol–water partition coefficient (Wildman–Crippen LogP) is 7.90. The van der Waals surface area contributed by atoms with E-state index in [1.165, 1.54) is 32.1 Å². The topological polar surface area (TPSA) is 121 Å². The highest BCUT2D eigenvalue weighted by atomic mass is 35.5. The number of rotatable bonds is 17. The van der Waals surface area contributed by atoms with Gasteiger partial charge in [-0.2, -0.15) is 0 Å². The van der Waals surface area contributed by atoms with Gasteiger partial charge in [-0.15, -0.1) is 0 Å². The summed E-state index contributed by atoms with van der Waals surface area (Å²) >= 11 is 20.5. The van der Waals surface area contributed by atoms with Crippen molar-refractivity contribution in [3.8, 4) is 22.8 Å². The molecule has 2 aliphatic rings. The molecule has 288 valence electrons. The molecule has 2 aromatic carbocycles. The van der Waals surface area contributed by atoms with Crippen LogP contribution in [0.25, 0.3) is 11.1 Å². The summed E-state index contributed by atoms with van der Waals surface area (Å²) in [5.41, 5.74) is 4.46. The van der Waals surface area contributed by atoms with Crippen LogP contribution in [-0.2, 0) is 19.7 Å². The molecule has 0 radical (unpaired) electrons. The van der Waals surface area contributed by atoms with Crippen molar-refractivity contribution in [2.75, 3.05) is 51.7 Å². The van der Waals surface area contributed by atoms with Crippen molar-refractivity contribution in [3.63, 3.8) is 0 Å². The van der Waals surface area contributed by atoms with Gasteiger partial charge in [0.05, 0.1) is 27.9 Å². The van der Waals surface area contributed by atoms with Crippen LogP contribution in [0.15, 0.2) is 60.8 Å². The zero-order valence-electron chi connectivity index (χ0n) is 30.8. The standard InChI is InChI=1S/C41H50Cl3N7O3/c1-53-41-30(25-48-21-15-28-12-18-46-19-13-28)22-33(42)36(51-41)26-54-37-7-3-5-32(39(37)44)31-4-2-6-34(38(31)43)50-40(52)35-9-8-29(24-49-35)23-47-20-14-27-10-16-45-17-11-27/h2-9,22,24,27-28,45-48H,10-21,23,25-26H2,1H3,(H,50,52). The number of benzene rings is 2. The Morgan fingerprint density at radius 1 is 0.833 bits per heavy atom. The summed E-state index contributed by atoms with van der Waals surface area (Å²) in [6.45, 7) is 7.70. The number of pyridine rings is 2. The van der Waals surface area contributed by atoms with Crippen LogP contribution in [0.4, 0.5) is 5.69 Å². The summed E-state index contributed by atoms with van der Waals surface area (Å²) < 4.78 is 11.8. The van der Waals surface area contributed by atoms with Crippen molar-refractivity contribution >= 4 is 46.4 Å². The first-order valence-electron chi connectivity index (χ1n) is 18.9. The third kappa shape index (κ3) is 11.1. The van der Waals surface area contributed by atoms with Gasteiger partial charge in [0, 0.05) is 36.0 Å². The van der Waals surface area contributed by atoms with E-state index in [0.717, 1.165) is 68.7 Å². The van der Waals surface area contributed by atoms with Gasteiger partial charge < -0.3 is 36.1 Å². The Morgan fingerprint density at radius 3 is 2.13 bits per heavy atom. The van der Waals surface area contributed by atoms with E-state index >= 15 is 0 Å². The van der Waals surface area contributed by atoms with Crippen LogP contribution < -0.4 is 36.1 Å². The van der Waals surface area contributed by atoms with Crippen molar-refractivity contribution in [2.24, 2.45) is 11.8 Å². The zero-order valence-corrected chi connectivity index (χ0v) is 33.1. The maximum absolute atomic E-state index is 13.2. The summed E-state index contributed by atoms with van der Waals surface area (Å²) in [5.74, 6) is 2.11. The molecule has 2 fully saturated rings. The molecule has 10 nitrogen and oxygen atoms in total. The van der Waals surface area contributed by atoms with E-state index < -0.39 is 0 Å².